The predicted octanol–water partition coefficient (Wildman–Crippen LogP) is 0.964. The van der Waals surface area contributed by atoms with Gasteiger partial charge in [0, 0.05) is 39.3 Å². The molecule has 0 aromatic heterocycles. The highest BCUT2D eigenvalue weighted by molar-refractivity contribution is 7.90. The molecule has 0 atom stereocenters. The fraction of sp³-hybridized carbons (Fsp3) is 0.611. The molecule has 1 saturated heterocycles. The largest absolute Gasteiger partial charge is 0.497 e. The van der Waals surface area contributed by atoms with Crippen molar-refractivity contribution >= 4 is 26.0 Å². The van der Waals surface area contributed by atoms with E-state index in [9.17, 15) is 30.0 Å². The minimum Gasteiger partial charge on any atom is -0.497 e. The van der Waals surface area contributed by atoms with Crippen molar-refractivity contribution in [1.82, 2.24) is 13.9 Å². The average Bonchev–Trinajstić information content (AvgIpc) is 2.77. The lowest BCUT2D eigenvalue weighted by molar-refractivity contribution is -0.192. The van der Waals surface area contributed by atoms with Crippen molar-refractivity contribution in [2.24, 2.45) is 0 Å². The molecule has 0 unspecified atom stereocenters. The molecule has 1 aromatic rings. The number of rotatable bonds is 9. The number of piperazine rings is 1. The van der Waals surface area contributed by atoms with Gasteiger partial charge in [-0.05, 0) is 30.7 Å². The van der Waals surface area contributed by atoms with Gasteiger partial charge in [0.2, 0.25) is 20.0 Å². The van der Waals surface area contributed by atoms with Gasteiger partial charge < -0.3 is 15.2 Å². The van der Waals surface area contributed by atoms with E-state index in [1.807, 2.05) is 6.92 Å². The number of ether oxygens (including phenoxy) is 1. The monoisotopic (exact) mass is 519 g/mol. The maximum Gasteiger partial charge on any atom is 0.490 e. The van der Waals surface area contributed by atoms with Gasteiger partial charge in [-0.2, -0.15) is 21.8 Å². The number of carboxylic acid groups (broad SMARTS) is 1. The van der Waals surface area contributed by atoms with E-state index < -0.39 is 32.2 Å². The summed E-state index contributed by atoms with van der Waals surface area (Å²) >= 11 is 0. The Balaban J connectivity index is 0.000000675. The number of hydrogen-bond acceptors (Lipinski definition) is 7. The van der Waals surface area contributed by atoms with Crippen LogP contribution in [0.25, 0.3) is 0 Å². The maximum atomic E-state index is 12.9. The summed E-state index contributed by atoms with van der Waals surface area (Å²) in [6.07, 6.45) is -4.48. The van der Waals surface area contributed by atoms with Crippen LogP contribution >= 0.6 is 0 Å². The minimum atomic E-state index is -5.08. The molecule has 1 heterocycles. The van der Waals surface area contributed by atoms with Crippen molar-refractivity contribution in [1.29, 1.82) is 0 Å². The van der Waals surface area contributed by atoms with Gasteiger partial charge in [0.05, 0.1) is 17.8 Å². The third-order valence-electron chi connectivity index (χ3n) is 4.48. The number of carboxylic acids is 1. The number of carbonyl (C=O) groups is 1. The molecule has 190 valence electrons. The van der Waals surface area contributed by atoms with Crippen LogP contribution in [0.5, 0.6) is 5.75 Å². The SMILES string of the molecule is CCCN(CCS(=O)(=O)N1CCNCC1)S(=O)(=O)c1ccc(OC)cc1.O=C(O)C(F)(F)F. The minimum absolute atomic E-state index is 0.0610. The molecule has 33 heavy (non-hydrogen) atoms. The smallest absolute Gasteiger partial charge is 0.490 e. The lowest BCUT2D eigenvalue weighted by atomic mass is 10.3. The van der Waals surface area contributed by atoms with Gasteiger partial charge in [0.1, 0.15) is 5.75 Å². The van der Waals surface area contributed by atoms with Gasteiger partial charge in [0.15, 0.2) is 0 Å². The number of benzene rings is 1. The molecule has 0 saturated carbocycles. The summed E-state index contributed by atoms with van der Waals surface area (Å²) in [5.74, 6) is -2.41. The number of halogens is 3. The molecule has 0 radical (unpaired) electrons. The zero-order chi connectivity index (χ0) is 25.3. The number of nitrogens with zero attached hydrogens (tertiary/aromatic N) is 2. The van der Waals surface area contributed by atoms with Crippen molar-refractivity contribution in [3.63, 3.8) is 0 Å². The van der Waals surface area contributed by atoms with Crippen LogP contribution in [0, 0.1) is 0 Å². The Kier molecular flexibility index (Phi) is 11.0. The molecule has 0 bridgehead atoms. The van der Waals surface area contributed by atoms with Gasteiger partial charge in [-0.1, -0.05) is 6.92 Å². The molecule has 0 spiro atoms. The van der Waals surface area contributed by atoms with Crippen LogP contribution in [-0.2, 0) is 24.8 Å². The zero-order valence-corrected chi connectivity index (χ0v) is 19.8. The highest BCUT2D eigenvalue weighted by Crippen LogP contribution is 2.20. The molecule has 1 aliphatic rings. The van der Waals surface area contributed by atoms with E-state index in [1.165, 1.54) is 27.9 Å². The molecule has 0 amide bonds. The van der Waals surface area contributed by atoms with E-state index in [-0.39, 0.29) is 23.7 Å². The molecule has 1 aliphatic heterocycles. The fourth-order valence-corrected chi connectivity index (χ4v) is 5.86. The Morgan fingerprint density at radius 1 is 1.12 bits per heavy atom. The van der Waals surface area contributed by atoms with Crippen molar-refractivity contribution < 1.29 is 44.6 Å². The number of nitrogens with one attached hydrogen (secondary N) is 1. The first-order valence-corrected chi connectivity index (χ1v) is 12.9. The first kappa shape index (κ1) is 29.1. The van der Waals surface area contributed by atoms with E-state index in [0.29, 0.717) is 38.3 Å². The summed E-state index contributed by atoms with van der Waals surface area (Å²) in [4.78, 5) is 9.03. The second-order valence-corrected chi connectivity index (χ2v) is 10.9. The van der Waals surface area contributed by atoms with Crippen LogP contribution in [0.1, 0.15) is 13.3 Å². The van der Waals surface area contributed by atoms with Crippen LogP contribution in [0.2, 0.25) is 0 Å². The molecule has 1 fully saturated rings. The third-order valence-corrected chi connectivity index (χ3v) is 8.24. The normalized spacial score (nSPS) is 15.6. The van der Waals surface area contributed by atoms with Crippen LogP contribution in [0.4, 0.5) is 13.2 Å². The van der Waals surface area contributed by atoms with E-state index in [1.54, 1.807) is 12.1 Å². The van der Waals surface area contributed by atoms with Crippen LogP contribution < -0.4 is 10.1 Å². The molecule has 2 N–H and O–H groups in total. The summed E-state index contributed by atoms with van der Waals surface area (Å²) < 4.78 is 90.2. The quantitative estimate of drug-likeness (QED) is 0.493. The second-order valence-electron chi connectivity index (χ2n) is 6.85. The van der Waals surface area contributed by atoms with Crippen molar-refractivity contribution in [2.45, 2.75) is 24.4 Å². The lowest BCUT2D eigenvalue weighted by Gasteiger charge is -2.28. The number of sulfonamides is 2. The standard InChI is InChI=1S/C16H27N3O5S2.C2HF3O2/c1-3-10-19(13-14-25(20,21)18-11-8-17-9-12-18)26(22,23)16-6-4-15(24-2)5-7-16;3-2(4,5)1(6)7/h4-7,17H,3,8-14H2,1-2H3;(H,6,7). The van der Waals surface area contributed by atoms with E-state index >= 15 is 0 Å². The molecule has 2 rings (SSSR count). The van der Waals surface area contributed by atoms with E-state index in [0.717, 1.165) is 0 Å². The first-order chi connectivity index (χ1) is 15.3. The summed E-state index contributed by atoms with van der Waals surface area (Å²) in [5.41, 5.74) is 0. The number of hydrogen-bond donors (Lipinski definition) is 2. The highest BCUT2D eigenvalue weighted by Gasteiger charge is 2.38. The van der Waals surface area contributed by atoms with Gasteiger partial charge in [-0.25, -0.2) is 21.6 Å². The Morgan fingerprint density at radius 3 is 2.06 bits per heavy atom. The number of alkyl halides is 3. The van der Waals surface area contributed by atoms with Gasteiger partial charge in [0.25, 0.3) is 0 Å². The Morgan fingerprint density at radius 2 is 1.64 bits per heavy atom. The summed E-state index contributed by atoms with van der Waals surface area (Å²) in [6, 6.07) is 6.10. The molecule has 15 heteroatoms. The topological polar surface area (TPSA) is 133 Å². The average molecular weight is 520 g/mol. The predicted molar refractivity (Wildman–Crippen MR) is 114 cm³/mol. The first-order valence-electron chi connectivity index (χ1n) is 9.88. The highest BCUT2D eigenvalue weighted by atomic mass is 32.2. The molecule has 10 nitrogen and oxygen atoms in total. The van der Waals surface area contributed by atoms with E-state index in [2.05, 4.69) is 5.32 Å². The van der Waals surface area contributed by atoms with E-state index in [4.69, 9.17) is 14.6 Å². The van der Waals surface area contributed by atoms with Crippen molar-refractivity contribution in [2.75, 3.05) is 52.1 Å². The Bertz CT molecular complexity index is 963. The Labute approximate surface area is 191 Å². The van der Waals surface area contributed by atoms with Crippen molar-refractivity contribution in [3.05, 3.63) is 24.3 Å². The Hall–Kier alpha value is -1.94. The van der Waals surface area contributed by atoms with Gasteiger partial charge in [-0.3, -0.25) is 0 Å². The zero-order valence-electron chi connectivity index (χ0n) is 18.2. The molecule has 1 aromatic carbocycles. The van der Waals surface area contributed by atoms with Crippen LogP contribution in [-0.4, -0.2) is 94.8 Å². The lowest BCUT2D eigenvalue weighted by Crippen LogP contribution is -2.48. The third kappa shape index (κ3) is 9.08. The fourth-order valence-electron chi connectivity index (χ4n) is 2.77. The maximum absolute atomic E-state index is 12.9. The number of aliphatic carboxylic acids is 1. The van der Waals surface area contributed by atoms with Gasteiger partial charge in [-0.15, -0.1) is 0 Å². The second kappa shape index (κ2) is 12.5. The summed E-state index contributed by atoms with van der Waals surface area (Å²) in [6.45, 7) is 4.13. The van der Waals surface area contributed by atoms with Crippen LogP contribution in [0.15, 0.2) is 29.2 Å². The molecular formula is C18H28F3N3O7S2. The summed E-state index contributed by atoms with van der Waals surface area (Å²) in [5, 5.41) is 10.2. The summed E-state index contributed by atoms with van der Waals surface area (Å²) in [7, 11) is -5.73. The molecular weight excluding hydrogens is 491 g/mol. The van der Waals surface area contributed by atoms with Crippen molar-refractivity contribution in [3.8, 4) is 5.75 Å². The van der Waals surface area contributed by atoms with Gasteiger partial charge >= 0.3 is 12.1 Å². The van der Waals surface area contributed by atoms with Crippen LogP contribution in [0.3, 0.4) is 0 Å². The number of methoxy groups -OCH3 is 1. The molecule has 0 aliphatic carbocycles.